The summed E-state index contributed by atoms with van der Waals surface area (Å²) in [6, 6.07) is 3.82. The minimum absolute atomic E-state index is 0.0675. The van der Waals surface area contributed by atoms with Crippen LogP contribution in [0.15, 0.2) is 0 Å². The Balaban J connectivity index is 1.72. The van der Waals surface area contributed by atoms with Crippen molar-refractivity contribution in [2.75, 3.05) is 13.1 Å². The van der Waals surface area contributed by atoms with Crippen molar-refractivity contribution in [3.63, 3.8) is 0 Å². The lowest BCUT2D eigenvalue weighted by atomic mass is 10.1. The van der Waals surface area contributed by atoms with Gasteiger partial charge in [0.15, 0.2) is 0 Å². The van der Waals surface area contributed by atoms with Crippen molar-refractivity contribution in [1.82, 2.24) is 10.2 Å². The molecule has 0 radical (unpaired) electrons. The summed E-state index contributed by atoms with van der Waals surface area (Å²) in [6.45, 7) is 4.64. The molecule has 17 heavy (non-hydrogen) atoms. The Kier molecular flexibility index (Phi) is 4.82. The van der Waals surface area contributed by atoms with Crippen LogP contribution in [0.2, 0.25) is 0 Å². The van der Waals surface area contributed by atoms with E-state index in [0.29, 0.717) is 12.1 Å². The first-order chi connectivity index (χ1) is 8.29. The smallest absolute Gasteiger partial charge is 0.0967 e. The van der Waals surface area contributed by atoms with E-state index in [-0.39, 0.29) is 6.04 Å². The van der Waals surface area contributed by atoms with E-state index < -0.39 is 0 Å². The van der Waals surface area contributed by atoms with E-state index in [0.717, 1.165) is 13.0 Å². The maximum Gasteiger partial charge on any atom is 0.0967 e. The van der Waals surface area contributed by atoms with Gasteiger partial charge in [0.1, 0.15) is 0 Å². The molecule has 1 heterocycles. The Morgan fingerprint density at radius 1 is 1.29 bits per heavy atom. The molecule has 0 spiro atoms. The zero-order valence-electron chi connectivity index (χ0n) is 11.0. The molecule has 3 heteroatoms. The van der Waals surface area contributed by atoms with Gasteiger partial charge in [0.2, 0.25) is 0 Å². The van der Waals surface area contributed by atoms with Crippen molar-refractivity contribution < 1.29 is 0 Å². The van der Waals surface area contributed by atoms with Crippen LogP contribution < -0.4 is 5.32 Å². The number of likely N-dealkylation sites (tertiary alicyclic amines) is 1. The molecule has 3 nitrogen and oxygen atoms in total. The molecule has 2 unspecified atom stereocenters. The highest BCUT2D eigenvalue weighted by Gasteiger charge is 2.25. The van der Waals surface area contributed by atoms with Gasteiger partial charge in [-0.05, 0) is 45.6 Å². The topological polar surface area (TPSA) is 39.1 Å². The first-order valence-corrected chi connectivity index (χ1v) is 7.19. The second-order valence-electron chi connectivity index (χ2n) is 5.65. The average Bonchev–Trinajstić information content (AvgIpc) is 3.14. The summed E-state index contributed by atoms with van der Waals surface area (Å²) >= 11 is 0. The van der Waals surface area contributed by atoms with E-state index in [1.165, 1.54) is 45.1 Å². The third-order valence-electron chi connectivity index (χ3n) is 4.07. The van der Waals surface area contributed by atoms with Gasteiger partial charge in [-0.15, -0.1) is 0 Å². The SMILES string of the molecule is CC1CCCCCN1CCC(C#N)NC1CC1. The van der Waals surface area contributed by atoms with Crippen LogP contribution in [-0.4, -0.2) is 36.1 Å². The largest absolute Gasteiger partial charge is 0.301 e. The predicted octanol–water partition coefficient (Wildman–Crippen LogP) is 2.29. The zero-order chi connectivity index (χ0) is 12.1. The van der Waals surface area contributed by atoms with Gasteiger partial charge in [-0.3, -0.25) is 5.32 Å². The maximum atomic E-state index is 9.12. The quantitative estimate of drug-likeness (QED) is 0.794. The minimum Gasteiger partial charge on any atom is -0.301 e. The van der Waals surface area contributed by atoms with Crippen LogP contribution in [0.25, 0.3) is 0 Å². The van der Waals surface area contributed by atoms with E-state index in [4.69, 9.17) is 5.26 Å². The molecule has 0 bridgehead atoms. The van der Waals surface area contributed by atoms with Gasteiger partial charge < -0.3 is 4.90 Å². The van der Waals surface area contributed by atoms with Gasteiger partial charge in [-0.1, -0.05) is 12.8 Å². The van der Waals surface area contributed by atoms with E-state index in [1.54, 1.807) is 0 Å². The van der Waals surface area contributed by atoms with Gasteiger partial charge in [0, 0.05) is 18.6 Å². The van der Waals surface area contributed by atoms with Crippen molar-refractivity contribution in [1.29, 1.82) is 5.26 Å². The number of nitriles is 1. The van der Waals surface area contributed by atoms with E-state index >= 15 is 0 Å². The van der Waals surface area contributed by atoms with Crippen LogP contribution in [0.4, 0.5) is 0 Å². The highest BCUT2D eigenvalue weighted by Crippen LogP contribution is 2.20. The Morgan fingerprint density at radius 3 is 2.82 bits per heavy atom. The second kappa shape index (κ2) is 6.37. The Labute approximate surface area is 105 Å². The fourth-order valence-corrected chi connectivity index (χ4v) is 2.68. The monoisotopic (exact) mass is 235 g/mol. The molecule has 0 aromatic carbocycles. The van der Waals surface area contributed by atoms with Crippen LogP contribution >= 0.6 is 0 Å². The van der Waals surface area contributed by atoms with E-state index in [1.807, 2.05) is 0 Å². The fourth-order valence-electron chi connectivity index (χ4n) is 2.68. The average molecular weight is 235 g/mol. The first kappa shape index (κ1) is 12.9. The minimum atomic E-state index is 0.0675. The van der Waals surface area contributed by atoms with Gasteiger partial charge in [-0.2, -0.15) is 5.26 Å². The summed E-state index contributed by atoms with van der Waals surface area (Å²) in [6.07, 6.45) is 8.92. The van der Waals surface area contributed by atoms with Crippen LogP contribution in [0.3, 0.4) is 0 Å². The van der Waals surface area contributed by atoms with Crippen molar-refractivity contribution in [2.45, 2.75) is 70.0 Å². The molecule has 2 atom stereocenters. The second-order valence-corrected chi connectivity index (χ2v) is 5.65. The van der Waals surface area contributed by atoms with Crippen LogP contribution in [0.1, 0.15) is 51.9 Å². The zero-order valence-corrected chi connectivity index (χ0v) is 11.0. The van der Waals surface area contributed by atoms with Crippen molar-refractivity contribution in [2.24, 2.45) is 0 Å². The van der Waals surface area contributed by atoms with E-state index in [2.05, 4.69) is 23.2 Å². The molecule has 1 saturated heterocycles. The standard InChI is InChI=1S/C14H25N3/c1-12-5-3-2-4-9-17(12)10-8-14(11-15)16-13-6-7-13/h12-14,16H,2-10H2,1H3. The Morgan fingerprint density at radius 2 is 2.12 bits per heavy atom. The van der Waals surface area contributed by atoms with Gasteiger partial charge in [0.25, 0.3) is 0 Å². The maximum absolute atomic E-state index is 9.12. The molecule has 2 fully saturated rings. The molecule has 2 rings (SSSR count). The summed E-state index contributed by atoms with van der Waals surface area (Å²) in [5.74, 6) is 0. The lowest BCUT2D eigenvalue weighted by molar-refractivity contribution is 0.206. The van der Waals surface area contributed by atoms with Crippen LogP contribution in [0, 0.1) is 11.3 Å². The number of hydrogen-bond donors (Lipinski definition) is 1. The number of nitrogens with one attached hydrogen (secondary N) is 1. The summed E-state index contributed by atoms with van der Waals surface area (Å²) in [5.41, 5.74) is 0. The van der Waals surface area contributed by atoms with Crippen molar-refractivity contribution in [3.8, 4) is 6.07 Å². The van der Waals surface area contributed by atoms with Gasteiger partial charge >= 0.3 is 0 Å². The molecular weight excluding hydrogens is 210 g/mol. The van der Waals surface area contributed by atoms with Crippen molar-refractivity contribution >= 4 is 0 Å². The van der Waals surface area contributed by atoms with Gasteiger partial charge in [0.05, 0.1) is 12.1 Å². The summed E-state index contributed by atoms with van der Waals surface area (Å²) < 4.78 is 0. The molecular formula is C14H25N3. The third kappa shape index (κ3) is 4.29. The molecule has 1 aliphatic heterocycles. The van der Waals surface area contributed by atoms with Crippen LogP contribution in [-0.2, 0) is 0 Å². The lowest BCUT2D eigenvalue weighted by Crippen LogP contribution is -2.38. The molecule has 1 saturated carbocycles. The molecule has 1 aliphatic carbocycles. The molecule has 96 valence electrons. The molecule has 0 aromatic heterocycles. The highest BCUT2D eigenvalue weighted by atomic mass is 15.2. The number of hydrogen-bond acceptors (Lipinski definition) is 3. The number of rotatable bonds is 5. The van der Waals surface area contributed by atoms with E-state index in [9.17, 15) is 0 Å². The van der Waals surface area contributed by atoms with Crippen molar-refractivity contribution in [3.05, 3.63) is 0 Å². The van der Waals surface area contributed by atoms with Crippen LogP contribution in [0.5, 0.6) is 0 Å². The predicted molar refractivity (Wildman–Crippen MR) is 69.7 cm³/mol. The van der Waals surface area contributed by atoms with Gasteiger partial charge in [-0.25, -0.2) is 0 Å². The lowest BCUT2D eigenvalue weighted by Gasteiger charge is -2.27. The first-order valence-electron chi connectivity index (χ1n) is 7.19. The summed E-state index contributed by atoms with van der Waals surface area (Å²) in [5, 5.41) is 12.5. The summed E-state index contributed by atoms with van der Waals surface area (Å²) in [4.78, 5) is 2.58. The molecule has 0 amide bonds. The Hall–Kier alpha value is -0.590. The highest BCUT2D eigenvalue weighted by molar-refractivity contribution is 4.96. The molecule has 2 aliphatic rings. The number of nitrogens with zero attached hydrogens (tertiary/aromatic N) is 2. The Bertz CT molecular complexity index is 267. The summed E-state index contributed by atoms with van der Waals surface area (Å²) in [7, 11) is 0. The molecule has 0 aromatic rings. The third-order valence-corrected chi connectivity index (χ3v) is 4.07. The fraction of sp³-hybridized carbons (Fsp3) is 0.929. The molecule has 1 N–H and O–H groups in total. The normalized spacial score (nSPS) is 28.4.